The van der Waals surface area contributed by atoms with Crippen LogP contribution in [0.1, 0.15) is 265 Å². The van der Waals surface area contributed by atoms with Gasteiger partial charge in [0, 0.05) is 19.3 Å². The molecule has 6 heteroatoms. The van der Waals surface area contributed by atoms with E-state index in [2.05, 4.69) is 148 Å². The van der Waals surface area contributed by atoms with Gasteiger partial charge in [-0.3, -0.25) is 14.4 Å². The smallest absolute Gasteiger partial charge is 0.306 e. The van der Waals surface area contributed by atoms with Crippen molar-refractivity contribution >= 4 is 17.9 Å². The second-order valence-corrected chi connectivity index (χ2v) is 19.9. The van der Waals surface area contributed by atoms with Gasteiger partial charge in [0.1, 0.15) is 13.2 Å². The summed E-state index contributed by atoms with van der Waals surface area (Å²) in [6, 6.07) is 0. The number of carbonyl (C=O) groups excluding carboxylic acids is 3. The van der Waals surface area contributed by atoms with Gasteiger partial charge in [-0.05, 0) is 103 Å². The Morgan fingerprint density at radius 3 is 0.893 bits per heavy atom. The summed E-state index contributed by atoms with van der Waals surface area (Å²) in [7, 11) is 0. The summed E-state index contributed by atoms with van der Waals surface area (Å²) in [6.07, 6.45) is 87.5. The molecule has 0 spiro atoms. The monoisotopic (exact) mass is 1040 g/mol. The molecule has 0 amide bonds. The number of unbranched alkanes of at least 4 members (excludes halogenated alkanes) is 21. The second kappa shape index (κ2) is 62.1. The first-order valence-corrected chi connectivity index (χ1v) is 30.7. The van der Waals surface area contributed by atoms with Crippen LogP contribution in [0.5, 0.6) is 0 Å². The van der Waals surface area contributed by atoms with E-state index in [9.17, 15) is 14.4 Å². The lowest BCUT2D eigenvalue weighted by Gasteiger charge is -2.18. The van der Waals surface area contributed by atoms with Crippen LogP contribution >= 0.6 is 0 Å². The zero-order valence-corrected chi connectivity index (χ0v) is 48.5. The molecule has 1 unspecified atom stereocenters. The molecule has 1 atom stereocenters. The number of esters is 3. The second-order valence-electron chi connectivity index (χ2n) is 19.9. The van der Waals surface area contributed by atoms with Gasteiger partial charge in [0.15, 0.2) is 6.10 Å². The summed E-state index contributed by atoms with van der Waals surface area (Å²) >= 11 is 0. The maximum Gasteiger partial charge on any atom is 0.306 e. The fourth-order valence-electron chi connectivity index (χ4n) is 8.14. The van der Waals surface area contributed by atoms with Crippen molar-refractivity contribution in [3.63, 3.8) is 0 Å². The fraction of sp³-hybridized carbons (Fsp3) is 0.638. The van der Waals surface area contributed by atoms with Gasteiger partial charge in [-0.2, -0.15) is 0 Å². The fourth-order valence-corrected chi connectivity index (χ4v) is 8.14. The Morgan fingerprint density at radius 1 is 0.280 bits per heavy atom. The molecule has 0 aliphatic rings. The van der Waals surface area contributed by atoms with Crippen LogP contribution in [0, 0.1) is 0 Å². The quantitative estimate of drug-likeness (QED) is 0.0261. The molecule has 0 bridgehead atoms. The Balaban J connectivity index is 4.55. The zero-order chi connectivity index (χ0) is 54.3. The van der Waals surface area contributed by atoms with E-state index in [1.54, 1.807) is 0 Å². The van der Waals surface area contributed by atoms with Crippen molar-refractivity contribution in [1.82, 2.24) is 0 Å². The minimum atomic E-state index is -0.831. The largest absolute Gasteiger partial charge is 0.462 e. The van der Waals surface area contributed by atoms with Gasteiger partial charge >= 0.3 is 17.9 Å². The van der Waals surface area contributed by atoms with Crippen LogP contribution in [-0.2, 0) is 28.6 Å². The van der Waals surface area contributed by atoms with Crippen molar-refractivity contribution in [2.75, 3.05) is 13.2 Å². The molecule has 75 heavy (non-hydrogen) atoms. The third-order valence-corrected chi connectivity index (χ3v) is 12.7. The van der Waals surface area contributed by atoms with Crippen LogP contribution in [0.2, 0.25) is 0 Å². The molecule has 0 aliphatic heterocycles. The molecule has 0 rings (SSSR count). The van der Waals surface area contributed by atoms with E-state index in [-0.39, 0.29) is 44.0 Å². The van der Waals surface area contributed by atoms with E-state index < -0.39 is 6.10 Å². The average molecular weight is 1040 g/mol. The molecule has 0 radical (unpaired) electrons. The van der Waals surface area contributed by atoms with Gasteiger partial charge in [-0.25, -0.2) is 0 Å². The Hall–Kier alpha value is -4.45. The molecule has 0 aromatic carbocycles. The highest BCUT2D eigenvalue weighted by atomic mass is 16.6. The summed E-state index contributed by atoms with van der Waals surface area (Å²) in [6.45, 7) is 6.33. The van der Waals surface area contributed by atoms with Gasteiger partial charge < -0.3 is 14.2 Å². The molecule has 0 fully saturated rings. The topological polar surface area (TPSA) is 78.9 Å². The highest BCUT2D eigenvalue weighted by Gasteiger charge is 2.19. The van der Waals surface area contributed by atoms with Crippen LogP contribution in [0.25, 0.3) is 0 Å². The molecular formula is C69H112O6. The Labute approximate surface area is 462 Å². The van der Waals surface area contributed by atoms with Crippen LogP contribution in [0.15, 0.2) is 134 Å². The molecule has 0 aliphatic carbocycles. The molecule has 424 valence electrons. The van der Waals surface area contributed by atoms with Gasteiger partial charge in [-0.15, -0.1) is 0 Å². The SMILES string of the molecule is CC/C=C\C/C=C\C/C=C\C/C=C\C/C=C\C/C=C\CCC(=O)OCC(COC(=O)CCCCCCCCCCCCCCCCCCCCC)OC(=O)CCCCC/C=C\C/C=C\C/C=C\C/C=C\C/C=C\CC. The summed E-state index contributed by atoms with van der Waals surface area (Å²) in [5.74, 6) is -1.04. The summed E-state index contributed by atoms with van der Waals surface area (Å²) in [5, 5.41) is 0. The Bertz CT molecular complexity index is 1620. The molecule has 0 N–H and O–H groups in total. The van der Waals surface area contributed by atoms with E-state index in [1.165, 1.54) is 103 Å². The minimum Gasteiger partial charge on any atom is -0.462 e. The van der Waals surface area contributed by atoms with Crippen LogP contribution in [0.4, 0.5) is 0 Å². The number of carbonyl (C=O) groups is 3. The lowest BCUT2D eigenvalue weighted by atomic mass is 10.0. The van der Waals surface area contributed by atoms with E-state index in [0.717, 1.165) is 109 Å². The van der Waals surface area contributed by atoms with Crippen molar-refractivity contribution < 1.29 is 28.6 Å². The molecule has 0 aromatic rings. The van der Waals surface area contributed by atoms with Gasteiger partial charge in [0.05, 0.1) is 0 Å². The van der Waals surface area contributed by atoms with Crippen molar-refractivity contribution in [1.29, 1.82) is 0 Å². The summed E-state index contributed by atoms with van der Waals surface area (Å²) < 4.78 is 16.8. The lowest BCUT2D eigenvalue weighted by molar-refractivity contribution is -0.166. The first kappa shape index (κ1) is 70.5. The molecule has 0 saturated heterocycles. The first-order valence-electron chi connectivity index (χ1n) is 30.7. The third kappa shape index (κ3) is 60.3. The van der Waals surface area contributed by atoms with Gasteiger partial charge in [0.2, 0.25) is 0 Å². The number of rotatable bonds is 54. The maximum atomic E-state index is 12.9. The molecule has 0 aromatic heterocycles. The van der Waals surface area contributed by atoms with Crippen molar-refractivity contribution in [2.45, 2.75) is 271 Å². The van der Waals surface area contributed by atoms with Crippen molar-refractivity contribution in [3.8, 4) is 0 Å². The molecule has 6 nitrogen and oxygen atoms in total. The highest BCUT2D eigenvalue weighted by Crippen LogP contribution is 2.16. The Kier molecular flexibility index (Phi) is 58.4. The first-order chi connectivity index (χ1) is 37.0. The van der Waals surface area contributed by atoms with Crippen LogP contribution < -0.4 is 0 Å². The highest BCUT2D eigenvalue weighted by molar-refractivity contribution is 5.71. The van der Waals surface area contributed by atoms with E-state index in [1.807, 2.05) is 6.08 Å². The van der Waals surface area contributed by atoms with E-state index in [4.69, 9.17) is 14.2 Å². The number of allylic oxidation sites excluding steroid dienone is 22. The Morgan fingerprint density at radius 2 is 0.547 bits per heavy atom. The number of ether oxygens (including phenoxy) is 3. The predicted octanol–water partition coefficient (Wildman–Crippen LogP) is 21.0. The number of hydrogen-bond donors (Lipinski definition) is 0. The minimum absolute atomic E-state index is 0.117. The third-order valence-electron chi connectivity index (χ3n) is 12.7. The summed E-state index contributed by atoms with van der Waals surface area (Å²) in [4.78, 5) is 38.3. The van der Waals surface area contributed by atoms with Crippen LogP contribution in [-0.4, -0.2) is 37.2 Å². The van der Waals surface area contributed by atoms with Gasteiger partial charge in [-0.1, -0.05) is 276 Å². The molecule has 0 heterocycles. The van der Waals surface area contributed by atoms with Crippen LogP contribution in [0.3, 0.4) is 0 Å². The van der Waals surface area contributed by atoms with E-state index >= 15 is 0 Å². The summed E-state index contributed by atoms with van der Waals surface area (Å²) in [5.41, 5.74) is 0. The van der Waals surface area contributed by atoms with E-state index in [0.29, 0.717) is 19.3 Å². The van der Waals surface area contributed by atoms with Crippen molar-refractivity contribution in [2.24, 2.45) is 0 Å². The maximum absolute atomic E-state index is 12.9. The van der Waals surface area contributed by atoms with Crippen molar-refractivity contribution in [3.05, 3.63) is 134 Å². The molecular weight excluding hydrogens is 925 g/mol. The average Bonchev–Trinajstić information content (AvgIpc) is 3.41. The molecule has 0 saturated carbocycles. The normalized spacial score (nSPS) is 13.1. The standard InChI is InChI=1S/C69H112O6/c1-4-7-10-13-16-19-22-25-28-31-34-37-40-43-46-49-52-55-58-61-67(70)73-64-66(75-69(72)63-60-57-54-51-48-45-42-39-36-33-30-27-24-21-18-15-12-9-6-3)65-74-68(71)62-59-56-53-50-47-44-41-38-35-32-29-26-23-20-17-14-11-8-5-2/h7,9-10,12,16,18-19,21,25,27-28,30,34,36-37,39,43,45-46,48,52,55,66H,4-6,8,11,13-15,17,20,22-24,26,29,31-33,35,38,40-42,44,47,49-51,53-54,56-65H2,1-3H3/b10-7-,12-9-,19-16-,21-18-,28-25-,30-27-,37-34-,39-36-,46-43-,48-45-,55-52-. The zero-order valence-electron chi connectivity index (χ0n) is 48.5. The lowest BCUT2D eigenvalue weighted by Crippen LogP contribution is -2.30. The number of hydrogen-bond acceptors (Lipinski definition) is 6. The van der Waals surface area contributed by atoms with Gasteiger partial charge in [0.25, 0.3) is 0 Å². The predicted molar refractivity (Wildman–Crippen MR) is 325 cm³/mol.